The molecule has 0 N–H and O–H groups in total. The van der Waals surface area contributed by atoms with E-state index in [2.05, 4.69) is 20.9 Å². The zero-order valence-corrected chi connectivity index (χ0v) is 15.0. The lowest BCUT2D eigenvalue weighted by atomic mass is 9.84. The summed E-state index contributed by atoms with van der Waals surface area (Å²) >= 11 is 0. The number of piperidine rings is 1. The third-order valence-corrected chi connectivity index (χ3v) is 6.39. The molecule has 0 aromatic carbocycles. The van der Waals surface area contributed by atoms with E-state index in [0.717, 1.165) is 57.0 Å². The second kappa shape index (κ2) is 7.42. The molecule has 0 aliphatic carbocycles. The van der Waals surface area contributed by atoms with Gasteiger partial charge in [0.2, 0.25) is 5.91 Å². The van der Waals surface area contributed by atoms with Crippen LogP contribution in [0.15, 0.2) is 24.5 Å². The molecule has 1 aromatic rings. The van der Waals surface area contributed by atoms with Crippen molar-refractivity contribution in [2.75, 3.05) is 32.8 Å². The number of rotatable bonds is 4. The third kappa shape index (κ3) is 3.72. The van der Waals surface area contributed by atoms with E-state index in [1.165, 1.54) is 19.4 Å². The number of carbonyl (C=O) groups excluding carboxylic acids is 1. The Morgan fingerprint density at radius 3 is 2.72 bits per heavy atom. The Bertz CT molecular complexity index is 578. The SMILES string of the molecule is O=C1CCC2(CCN(CC3CCOCC3)CC2)N1Cc1cccnc1. The normalized spacial score (nSPS) is 25.0. The van der Waals surface area contributed by atoms with Gasteiger partial charge in [0.15, 0.2) is 0 Å². The van der Waals surface area contributed by atoms with Gasteiger partial charge in [0.05, 0.1) is 0 Å². The Balaban J connectivity index is 1.37. The number of pyridine rings is 1. The first-order valence-electron chi connectivity index (χ1n) is 9.75. The minimum Gasteiger partial charge on any atom is -0.381 e. The summed E-state index contributed by atoms with van der Waals surface area (Å²) in [6.45, 7) is 6.01. The molecule has 0 atom stereocenters. The summed E-state index contributed by atoms with van der Waals surface area (Å²) in [7, 11) is 0. The first-order valence-corrected chi connectivity index (χ1v) is 9.75. The molecule has 3 saturated heterocycles. The number of aromatic nitrogens is 1. The van der Waals surface area contributed by atoms with Gasteiger partial charge in [-0.2, -0.15) is 0 Å². The van der Waals surface area contributed by atoms with Crippen molar-refractivity contribution in [2.24, 2.45) is 5.92 Å². The number of nitrogens with zero attached hydrogens (tertiary/aromatic N) is 3. The van der Waals surface area contributed by atoms with Crippen LogP contribution in [0.25, 0.3) is 0 Å². The molecule has 25 heavy (non-hydrogen) atoms. The van der Waals surface area contributed by atoms with Gasteiger partial charge in [0.25, 0.3) is 0 Å². The Morgan fingerprint density at radius 2 is 2.00 bits per heavy atom. The van der Waals surface area contributed by atoms with E-state index in [0.29, 0.717) is 18.9 Å². The van der Waals surface area contributed by atoms with Gasteiger partial charge >= 0.3 is 0 Å². The fourth-order valence-electron chi connectivity index (χ4n) is 4.77. The van der Waals surface area contributed by atoms with Crippen LogP contribution >= 0.6 is 0 Å². The molecule has 4 heterocycles. The minimum atomic E-state index is 0.0824. The number of amides is 1. The molecule has 5 heteroatoms. The fourth-order valence-corrected chi connectivity index (χ4v) is 4.77. The molecule has 3 aliphatic heterocycles. The van der Waals surface area contributed by atoms with Gasteiger partial charge in [-0.15, -0.1) is 0 Å². The molecule has 0 saturated carbocycles. The van der Waals surface area contributed by atoms with Crippen LogP contribution in [-0.4, -0.2) is 59.1 Å². The highest BCUT2D eigenvalue weighted by molar-refractivity contribution is 5.79. The molecule has 5 nitrogen and oxygen atoms in total. The first-order chi connectivity index (χ1) is 12.3. The molecule has 1 amide bonds. The highest BCUT2D eigenvalue weighted by Gasteiger charge is 2.46. The summed E-state index contributed by atoms with van der Waals surface area (Å²) in [6, 6.07) is 4.03. The number of carbonyl (C=O) groups is 1. The lowest BCUT2D eigenvalue weighted by molar-refractivity contribution is -0.133. The summed E-state index contributed by atoms with van der Waals surface area (Å²) in [5.74, 6) is 1.11. The van der Waals surface area contributed by atoms with E-state index in [1.54, 1.807) is 6.20 Å². The maximum absolute atomic E-state index is 12.5. The van der Waals surface area contributed by atoms with Crippen molar-refractivity contribution >= 4 is 5.91 Å². The molecule has 136 valence electrons. The highest BCUT2D eigenvalue weighted by Crippen LogP contribution is 2.40. The second-order valence-corrected chi connectivity index (χ2v) is 7.92. The average molecular weight is 343 g/mol. The van der Waals surface area contributed by atoms with Crippen LogP contribution in [0.1, 0.15) is 44.1 Å². The van der Waals surface area contributed by atoms with E-state index in [1.807, 2.05) is 12.3 Å². The molecule has 3 fully saturated rings. The molecule has 0 radical (unpaired) electrons. The quantitative estimate of drug-likeness (QED) is 0.842. The number of hydrogen-bond donors (Lipinski definition) is 0. The van der Waals surface area contributed by atoms with Crippen LogP contribution in [0.2, 0.25) is 0 Å². The van der Waals surface area contributed by atoms with Crippen molar-refractivity contribution in [1.82, 2.24) is 14.8 Å². The fraction of sp³-hybridized carbons (Fsp3) is 0.700. The third-order valence-electron chi connectivity index (χ3n) is 6.39. The number of ether oxygens (including phenoxy) is 1. The maximum atomic E-state index is 12.5. The van der Waals surface area contributed by atoms with Crippen molar-refractivity contribution in [1.29, 1.82) is 0 Å². The van der Waals surface area contributed by atoms with Gasteiger partial charge in [0.1, 0.15) is 0 Å². The summed E-state index contributed by atoms with van der Waals surface area (Å²) in [5, 5.41) is 0. The summed E-state index contributed by atoms with van der Waals surface area (Å²) < 4.78 is 5.48. The number of hydrogen-bond acceptors (Lipinski definition) is 4. The minimum absolute atomic E-state index is 0.0824. The van der Waals surface area contributed by atoms with Crippen LogP contribution in [0.5, 0.6) is 0 Å². The maximum Gasteiger partial charge on any atom is 0.223 e. The number of likely N-dealkylation sites (tertiary alicyclic amines) is 2. The van der Waals surface area contributed by atoms with Crippen molar-refractivity contribution < 1.29 is 9.53 Å². The van der Waals surface area contributed by atoms with Crippen LogP contribution in [-0.2, 0) is 16.1 Å². The smallest absolute Gasteiger partial charge is 0.223 e. The van der Waals surface area contributed by atoms with Crippen LogP contribution in [0.3, 0.4) is 0 Å². The predicted molar refractivity (Wildman–Crippen MR) is 96.0 cm³/mol. The Morgan fingerprint density at radius 1 is 1.20 bits per heavy atom. The predicted octanol–water partition coefficient (Wildman–Crippen LogP) is 2.47. The van der Waals surface area contributed by atoms with E-state index in [-0.39, 0.29) is 5.54 Å². The van der Waals surface area contributed by atoms with Crippen LogP contribution < -0.4 is 0 Å². The van der Waals surface area contributed by atoms with Crippen LogP contribution in [0, 0.1) is 5.92 Å². The highest BCUT2D eigenvalue weighted by atomic mass is 16.5. The van der Waals surface area contributed by atoms with Crippen molar-refractivity contribution in [2.45, 2.75) is 50.6 Å². The van der Waals surface area contributed by atoms with Gasteiger partial charge < -0.3 is 14.5 Å². The lowest BCUT2D eigenvalue weighted by Crippen LogP contribution is -2.53. The summed E-state index contributed by atoms with van der Waals surface area (Å²) in [4.78, 5) is 21.5. The van der Waals surface area contributed by atoms with Crippen molar-refractivity contribution in [3.63, 3.8) is 0 Å². The molecule has 4 rings (SSSR count). The molecule has 3 aliphatic rings. The molecular formula is C20H29N3O2. The first kappa shape index (κ1) is 17.0. The van der Waals surface area contributed by atoms with E-state index in [4.69, 9.17) is 4.74 Å². The summed E-state index contributed by atoms with van der Waals surface area (Å²) in [6.07, 6.45) is 10.0. The van der Waals surface area contributed by atoms with Gasteiger partial charge in [-0.25, -0.2) is 0 Å². The zero-order chi connectivity index (χ0) is 17.1. The molecular weight excluding hydrogens is 314 g/mol. The van der Waals surface area contributed by atoms with E-state index >= 15 is 0 Å². The largest absolute Gasteiger partial charge is 0.381 e. The Hall–Kier alpha value is -1.46. The second-order valence-electron chi connectivity index (χ2n) is 7.92. The Labute approximate surface area is 150 Å². The molecule has 0 unspecified atom stereocenters. The van der Waals surface area contributed by atoms with Gasteiger partial charge in [0, 0.05) is 63.7 Å². The van der Waals surface area contributed by atoms with Crippen LogP contribution in [0.4, 0.5) is 0 Å². The topological polar surface area (TPSA) is 45.7 Å². The molecule has 1 spiro atoms. The standard InChI is InChI=1S/C20H29N3O2/c24-19-3-6-20(23(19)16-18-2-1-9-21-14-18)7-10-22(11-8-20)15-17-4-12-25-13-5-17/h1-2,9,14,17H,3-8,10-13,15-16H2. The molecule has 1 aromatic heterocycles. The summed E-state index contributed by atoms with van der Waals surface area (Å²) in [5.41, 5.74) is 1.22. The Kier molecular flexibility index (Phi) is 5.04. The zero-order valence-electron chi connectivity index (χ0n) is 15.0. The average Bonchev–Trinajstić information content (AvgIpc) is 2.95. The van der Waals surface area contributed by atoms with E-state index in [9.17, 15) is 4.79 Å². The van der Waals surface area contributed by atoms with Crippen molar-refractivity contribution in [3.8, 4) is 0 Å². The van der Waals surface area contributed by atoms with Gasteiger partial charge in [-0.3, -0.25) is 9.78 Å². The van der Waals surface area contributed by atoms with Crippen molar-refractivity contribution in [3.05, 3.63) is 30.1 Å². The van der Waals surface area contributed by atoms with E-state index < -0.39 is 0 Å². The monoisotopic (exact) mass is 343 g/mol. The lowest BCUT2D eigenvalue weighted by Gasteiger charge is -2.46. The van der Waals surface area contributed by atoms with Gasteiger partial charge in [-0.05, 0) is 49.7 Å². The van der Waals surface area contributed by atoms with Gasteiger partial charge in [-0.1, -0.05) is 6.07 Å². The molecule has 0 bridgehead atoms.